The summed E-state index contributed by atoms with van der Waals surface area (Å²) in [5.74, 6) is 0.580. The fraction of sp³-hybridized carbons (Fsp3) is 0.391. The first-order valence-electron chi connectivity index (χ1n) is 9.53. The van der Waals surface area contributed by atoms with Gasteiger partial charge in [0.2, 0.25) is 5.91 Å². The summed E-state index contributed by atoms with van der Waals surface area (Å²) in [4.78, 5) is 25.5. The van der Waals surface area contributed by atoms with Crippen molar-refractivity contribution in [1.29, 1.82) is 0 Å². The Morgan fingerprint density at radius 2 is 1.44 bits per heavy atom. The highest BCUT2D eigenvalue weighted by Crippen LogP contribution is 2.14. The summed E-state index contributed by atoms with van der Waals surface area (Å²) in [5.41, 5.74) is 4.29. The van der Waals surface area contributed by atoms with Crippen molar-refractivity contribution in [2.75, 3.05) is 20.6 Å². The molecule has 0 bridgehead atoms. The van der Waals surface area contributed by atoms with E-state index in [0.717, 1.165) is 12.0 Å². The van der Waals surface area contributed by atoms with Crippen LogP contribution in [0.2, 0.25) is 0 Å². The van der Waals surface area contributed by atoms with Gasteiger partial charge in [-0.1, -0.05) is 50.2 Å². The zero-order valence-electron chi connectivity index (χ0n) is 16.8. The van der Waals surface area contributed by atoms with E-state index in [1.54, 1.807) is 19.0 Å². The SMILES string of the molecule is CC(C)c1ccc(CCNC(=O)CCc2ccc(C(=O)N(C)C)cc2)cc1. The first kappa shape index (κ1) is 20.7. The Morgan fingerprint density at radius 1 is 0.889 bits per heavy atom. The van der Waals surface area contributed by atoms with Gasteiger partial charge in [0.15, 0.2) is 0 Å². The van der Waals surface area contributed by atoms with Crippen molar-refractivity contribution >= 4 is 11.8 Å². The Hall–Kier alpha value is -2.62. The molecular formula is C23H30N2O2. The number of rotatable bonds is 8. The number of hydrogen-bond donors (Lipinski definition) is 1. The molecule has 144 valence electrons. The van der Waals surface area contributed by atoms with Crippen molar-refractivity contribution in [3.63, 3.8) is 0 Å². The Morgan fingerprint density at radius 3 is 2.00 bits per heavy atom. The first-order chi connectivity index (χ1) is 12.9. The summed E-state index contributed by atoms with van der Waals surface area (Å²) < 4.78 is 0. The molecule has 4 nitrogen and oxygen atoms in total. The van der Waals surface area contributed by atoms with Crippen molar-refractivity contribution in [3.05, 3.63) is 70.8 Å². The summed E-state index contributed by atoms with van der Waals surface area (Å²) >= 11 is 0. The fourth-order valence-corrected chi connectivity index (χ4v) is 2.83. The molecule has 2 amide bonds. The highest BCUT2D eigenvalue weighted by atomic mass is 16.2. The molecule has 0 spiro atoms. The highest BCUT2D eigenvalue weighted by Gasteiger charge is 2.08. The minimum absolute atomic E-state index is 0.0132. The molecule has 0 aliphatic carbocycles. The molecule has 0 radical (unpaired) electrons. The van der Waals surface area contributed by atoms with Crippen molar-refractivity contribution < 1.29 is 9.59 Å². The molecule has 2 aromatic rings. The lowest BCUT2D eigenvalue weighted by Crippen LogP contribution is -2.25. The predicted octanol–water partition coefficient (Wildman–Crippen LogP) is 3.80. The average molecular weight is 367 g/mol. The zero-order chi connectivity index (χ0) is 19.8. The van der Waals surface area contributed by atoms with Gasteiger partial charge in [0.1, 0.15) is 0 Å². The molecule has 0 atom stereocenters. The third kappa shape index (κ3) is 6.55. The van der Waals surface area contributed by atoms with Gasteiger partial charge < -0.3 is 10.2 Å². The van der Waals surface area contributed by atoms with Gasteiger partial charge >= 0.3 is 0 Å². The van der Waals surface area contributed by atoms with Crippen molar-refractivity contribution in [3.8, 4) is 0 Å². The lowest BCUT2D eigenvalue weighted by molar-refractivity contribution is -0.121. The maximum atomic E-state index is 12.0. The normalized spacial score (nSPS) is 10.7. The Kier molecular flexibility index (Phi) is 7.59. The molecule has 2 rings (SSSR count). The van der Waals surface area contributed by atoms with Crippen molar-refractivity contribution in [2.24, 2.45) is 0 Å². The minimum atomic E-state index is -0.0132. The van der Waals surface area contributed by atoms with Crippen LogP contribution in [0.1, 0.15) is 53.2 Å². The van der Waals surface area contributed by atoms with Gasteiger partial charge in [0.25, 0.3) is 5.91 Å². The van der Waals surface area contributed by atoms with E-state index in [1.807, 2.05) is 24.3 Å². The maximum absolute atomic E-state index is 12.0. The molecule has 0 aliphatic rings. The summed E-state index contributed by atoms with van der Waals surface area (Å²) in [5, 5.41) is 2.98. The van der Waals surface area contributed by atoms with Gasteiger partial charge in [-0.15, -0.1) is 0 Å². The van der Waals surface area contributed by atoms with Gasteiger partial charge in [-0.05, 0) is 47.6 Å². The third-order valence-electron chi connectivity index (χ3n) is 4.63. The fourth-order valence-electron chi connectivity index (χ4n) is 2.83. The molecule has 0 heterocycles. The summed E-state index contributed by atoms with van der Waals surface area (Å²) in [6, 6.07) is 16.1. The van der Waals surface area contributed by atoms with E-state index in [9.17, 15) is 9.59 Å². The highest BCUT2D eigenvalue weighted by molar-refractivity contribution is 5.93. The largest absolute Gasteiger partial charge is 0.356 e. The van der Waals surface area contributed by atoms with E-state index >= 15 is 0 Å². The summed E-state index contributed by atoms with van der Waals surface area (Å²) in [6.45, 7) is 5.02. The van der Waals surface area contributed by atoms with Crippen LogP contribution in [-0.4, -0.2) is 37.4 Å². The zero-order valence-corrected chi connectivity index (χ0v) is 16.8. The number of nitrogens with zero attached hydrogens (tertiary/aromatic N) is 1. The van der Waals surface area contributed by atoms with Crippen LogP contribution < -0.4 is 5.32 Å². The lowest BCUT2D eigenvalue weighted by atomic mass is 10.0. The number of carbonyl (C=O) groups excluding carboxylic acids is 2. The standard InChI is InChI=1S/C23H30N2O2/c1-17(2)20-10-5-19(6-11-20)15-16-24-22(26)14-9-18-7-12-21(13-8-18)23(27)25(3)4/h5-8,10-13,17H,9,14-16H2,1-4H3,(H,24,26). The molecule has 0 aliphatic heterocycles. The second-order valence-corrected chi connectivity index (χ2v) is 7.39. The monoisotopic (exact) mass is 366 g/mol. The van der Waals surface area contributed by atoms with Crippen LogP contribution in [0.15, 0.2) is 48.5 Å². The molecule has 2 aromatic carbocycles. The molecular weight excluding hydrogens is 336 g/mol. The maximum Gasteiger partial charge on any atom is 0.253 e. The van der Waals surface area contributed by atoms with Gasteiger partial charge in [0, 0.05) is 32.6 Å². The third-order valence-corrected chi connectivity index (χ3v) is 4.63. The number of carbonyl (C=O) groups is 2. The van der Waals surface area contributed by atoms with Gasteiger partial charge in [-0.25, -0.2) is 0 Å². The first-order valence-corrected chi connectivity index (χ1v) is 9.53. The molecule has 0 aromatic heterocycles. The lowest BCUT2D eigenvalue weighted by Gasteiger charge is -2.10. The average Bonchev–Trinajstić information content (AvgIpc) is 2.66. The predicted molar refractivity (Wildman–Crippen MR) is 110 cm³/mol. The Labute approximate surface area is 162 Å². The van der Waals surface area contributed by atoms with E-state index in [1.165, 1.54) is 11.1 Å². The van der Waals surface area contributed by atoms with Crippen LogP contribution >= 0.6 is 0 Å². The van der Waals surface area contributed by atoms with Crippen LogP contribution in [0.4, 0.5) is 0 Å². The van der Waals surface area contributed by atoms with E-state index in [0.29, 0.717) is 30.9 Å². The molecule has 27 heavy (non-hydrogen) atoms. The second kappa shape index (κ2) is 9.91. The molecule has 0 saturated carbocycles. The van der Waals surface area contributed by atoms with Gasteiger partial charge in [-0.2, -0.15) is 0 Å². The number of benzene rings is 2. The van der Waals surface area contributed by atoms with E-state index < -0.39 is 0 Å². The molecule has 0 saturated heterocycles. The van der Waals surface area contributed by atoms with Crippen LogP contribution in [0, 0.1) is 0 Å². The molecule has 4 heteroatoms. The van der Waals surface area contributed by atoms with Gasteiger partial charge in [-0.3, -0.25) is 9.59 Å². The van der Waals surface area contributed by atoms with Crippen LogP contribution in [0.3, 0.4) is 0 Å². The smallest absolute Gasteiger partial charge is 0.253 e. The molecule has 0 fully saturated rings. The number of hydrogen-bond acceptors (Lipinski definition) is 2. The number of aryl methyl sites for hydroxylation is 1. The van der Waals surface area contributed by atoms with E-state index in [4.69, 9.17) is 0 Å². The molecule has 0 unspecified atom stereocenters. The second-order valence-electron chi connectivity index (χ2n) is 7.39. The van der Waals surface area contributed by atoms with Crippen molar-refractivity contribution in [1.82, 2.24) is 10.2 Å². The Balaban J connectivity index is 1.72. The Bertz CT molecular complexity index is 747. The van der Waals surface area contributed by atoms with Crippen molar-refractivity contribution in [2.45, 2.75) is 39.0 Å². The van der Waals surface area contributed by atoms with Crippen LogP contribution in [0.25, 0.3) is 0 Å². The van der Waals surface area contributed by atoms with E-state index in [-0.39, 0.29) is 11.8 Å². The minimum Gasteiger partial charge on any atom is -0.356 e. The number of nitrogens with one attached hydrogen (secondary N) is 1. The number of amides is 2. The topological polar surface area (TPSA) is 49.4 Å². The van der Waals surface area contributed by atoms with Crippen LogP contribution in [0.5, 0.6) is 0 Å². The van der Waals surface area contributed by atoms with E-state index in [2.05, 4.69) is 43.4 Å². The van der Waals surface area contributed by atoms with Gasteiger partial charge in [0.05, 0.1) is 0 Å². The molecule has 1 N–H and O–H groups in total. The van der Waals surface area contributed by atoms with Crippen LogP contribution in [-0.2, 0) is 17.6 Å². The quantitative estimate of drug-likeness (QED) is 0.772. The summed E-state index contributed by atoms with van der Waals surface area (Å²) in [6.07, 6.45) is 1.96. The summed E-state index contributed by atoms with van der Waals surface area (Å²) in [7, 11) is 3.47.